The van der Waals surface area contributed by atoms with Crippen LogP contribution in [0.4, 0.5) is 0 Å². The quantitative estimate of drug-likeness (QED) is 0.124. The van der Waals surface area contributed by atoms with E-state index in [4.69, 9.17) is 9.90 Å². The zero-order valence-electron chi connectivity index (χ0n) is 33.1. The molecule has 0 aliphatic carbocycles. The number of aryl methyl sites for hydroxylation is 1. The second kappa shape index (κ2) is 14.8. The molecule has 1 radical (unpaired) electrons. The maximum atomic E-state index is 8.48. The summed E-state index contributed by atoms with van der Waals surface area (Å²) in [7, 11) is -1.61. The molecule has 0 fully saturated rings. The molecule has 0 unspecified atom stereocenters. The van der Waals surface area contributed by atoms with Gasteiger partial charge in [0, 0.05) is 48.8 Å². The van der Waals surface area contributed by atoms with Crippen LogP contribution in [0.25, 0.3) is 44.5 Å². The Balaban J connectivity index is 0.000000203. The van der Waals surface area contributed by atoms with E-state index in [1.54, 1.807) is 12.1 Å². The average molecular weight is 841 g/mol. The van der Waals surface area contributed by atoms with Crippen molar-refractivity contribution >= 4 is 35.2 Å². The summed E-state index contributed by atoms with van der Waals surface area (Å²) in [4.78, 5) is 9.19. The molecule has 0 aliphatic heterocycles. The van der Waals surface area contributed by atoms with Gasteiger partial charge in [-0.25, -0.2) is 0 Å². The molecule has 3 heterocycles. The SMILES string of the molecule is CC(C)(c1ccccc1)c1ccnc(-c2[c-]cc3oc4ccccc4c3c2)c1.[2H]C([2H])([2H])c1c[c-]c(-c2cc(C([2H])(C)C)c([Si](C)(C)C)cn2)cc1.[Ir]. The molecule has 0 N–H and O–H groups in total. The summed E-state index contributed by atoms with van der Waals surface area (Å²) in [6, 6.07) is 40.2. The van der Waals surface area contributed by atoms with Crippen molar-refractivity contribution in [1.29, 1.82) is 0 Å². The van der Waals surface area contributed by atoms with Gasteiger partial charge in [-0.3, -0.25) is 0 Å². The summed E-state index contributed by atoms with van der Waals surface area (Å²) in [5.41, 5.74) is 8.79. The third kappa shape index (κ3) is 7.86. The Morgan fingerprint density at radius 1 is 0.755 bits per heavy atom. The van der Waals surface area contributed by atoms with E-state index in [2.05, 4.69) is 110 Å². The van der Waals surface area contributed by atoms with Gasteiger partial charge in [-0.2, -0.15) is 0 Å². The molecule has 3 aromatic heterocycles. The Hall–Kier alpha value is -4.15. The summed E-state index contributed by atoms with van der Waals surface area (Å²) in [5, 5.41) is 3.40. The van der Waals surface area contributed by atoms with Crippen LogP contribution in [0.3, 0.4) is 0 Å². The minimum atomic E-state index is -2.13. The summed E-state index contributed by atoms with van der Waals surface area (Å²) in [5.74, 6) is -0.716. The fraction of sp³-hybridized carbons (Fsp3) is 0.227. The second-order valence-corrected chi connectivity index (χ2v) is 19.0. The van der Waals surface area contributed by atoms with E-state index in [0.29, 0.717) is 0 Å². The van der Waals surface area contributed by atoms with Crippen LogP contribution < -0.4 is 5.19 Å². The third-order valence-corrected chi connectivity index (χ3v) is 10.9. The molecule has 0 saturated carbocycles. The van der Waals surface area contributed by atoms with Gasteiger partial charge >= 0.3 is 0 Å². The minimum Gasteiger partial charge on any atom is -0.500 e. The van der Waals surface area contributed by atoms with Crippen molar-refractivity contribution in [3.63, 3.8) is 0 Å². The number of nitrogens with zero attached hydrogens (tertiary/aromatic N) is 2. The molecule has 0 atom stereocenters. The first-order valence-electron chi connectivity index (χ1n) is 18.3. The van der Waals surface area contributed by atoms with Crippen LogP contribution in [-0.4, -0.2) is 18.0 Å². The molecule has 4 aromatic carbocycles. The van der Waals surface area contributed by atoms with Crippen molar-refractivity contribution in [3.8, 4) is 22.5 Å². The molecule has 7 rings (SSSR count). The van der Waals surface area contributed by atoms with Gasteiger partial charge in [0.25, 0.3) is 0 Å². The van der Waals surface area contributed by atoms with Crippen molar-refractivity contribution < 1.29 is 30.0 Å². The van der Waals surface area contributed by atoms with E-state index < -0.39 is 20.8 Å². The van der Waals surface area contributed by atoms with Gasteiger partial charge in [0.2, 0.25) is 0 Å². The summed E-state index contributed by atoms with van der Waals surface area (Å²) < 4.78 is 36.7. The van der Waals surface area contributed by atoms with Gasteiger partial charge in [0.1, 0.15) is 5.58 Å². The van der Waals surface area contributed by atoms with E-state index in [0.717, 1.165) is 50.0 Å². The molecule has 3 nitrogen and oxygen atoms in total. The molecule has 0 spiro atoms. The number of para-hydroxylation sites is 1. The zero-order valence-corrected chi connectivity index (χ0v) is 32.5. The minimum absolute atomic E-state index is 0. The maximum absolute atomic E-state index is 8.48. The third-order valence-electron chi connectivity index (χ3n) is 8.90. The van der Waals surface area contributed by atoms with Crippen LogP contribution in [0.15, 0.2) is 120 Å². The van der Waals surface area contributed by atoms with Gasteiger partial charge in [-0.05, 0) is 45.7 Å². The molecule has 0 saturated heterocycles. The number of fused-ring (bicyclic) bond motifs is 3. The fourth-order valence-corrected chi connectivity index (χ4v) is 7.59. The largest absolute Gasteiger partial charge is 0.500 e. The van der Waals surface area contributed by atoms with Crippen molar-refractivity contribution in [2.24, 2.45) is 0 Å². The summed E-state index contributed by atoms with van der Waals surface area (Å²) in [6.45, 7) is 12.9. The number of pyridine rings is 2. The van der Waals surface area contributed by atoms with Gasteiger partial charge in [0.05, 0.1) is 13.7 Å². The van der Waals surface area contributed by atoms with Gasteiger partial charge in [-0.1, -0.05) is 126 Å². The predicted octanol–water partition coefficient (Wildman–Crippen LogP) is 11.3. The first kappa shape index (κ1) is 30.9. The first-order chi connectivity index (χ1) is 24.4. The molecule has 0 amide bonds. The van der Waals surface area contributed by atoms with E-state index in [1.807, 2.05) is 56.6 Å². The molecular formula is C44H44IrN2OSi-2. The van der Waals surface area contributed by atoms with Crippen LogP contribution in [-0.2, 0) is 25.5 Å². The van der Waals surface area contributed by atoms with Crippen molar-refractivity contribution in [1.82, 2.24) is 9.97 Å². The Bertz CT molecular complexity index is 2340. The van der Waals surface area contributed by atoms with E-state index >= 15 is 0 Å². The Kier molecular flexibility index (Phi) is 9.30. The molecule has 251 valence electrons. The van der Waals surface area contributed by atoms with Crippen molar-refractivity contribution in [2.45, 2.75) is 65.5 Å². The molecule has 0 bridgehead atoms. The average Bonchev–Trinajstić information content (AvgIpc) is 3.49. The Morgan fingerprint density at radius 3 is 2.16 bits per heavy atom. The van der Waals surface area contributed by atoms with Crippen LogP contribution in [0.2, 0.25) is 19.6 Å². The maximum Gasteiger partial charge on any atom is 0.120 e. The van der Waals surface area contributed by atoms with Crippen molar-refractivity contribution in [3.05, 3.63) is 150 Å². The summed E-state index contributed by atoms with van der Waals surface area (Å²) in [6.07, 6.45) is 3.78. The smallest absolute Gasteiger partial charge is 0.120 e. The van der Waals surface area contributed by atoms with Crippen LogP contribution in [0, 0.1) is 19.0 Å². The van der Waals surface area contributed by atoms with Gasteiger partial charge in [-0.15, -0.1) is 59.2 Å². The van der Waals surface area contributed by atoms with Gasteiger partial charge in [0.15, 0.2) is 0 Å². The Morgan fingerprint density at radius 2 is 1.47 bits per heavy atom. The monoisotopic (exact) mass is 841 g/mol. The van der Waals surface area contributed by atoms with Gasteiger partial charge < -0.3 is 14.4 Å². The summed E-state index contributed by atoms with van der Waals surface area (Å²) >= 11 is 0. The normalized spacial score (nSPS) is 13.4. The number of hydrogen-bond acceptors (Lipinski definition) is 3. The predicted molar refractivity (Wildman–Crippen MR) is 205 cm³/mol. The van der Waals surface area contributed by atoms with Crippen LogP contribution in [0.1, 0.15) is 61.3 Å². The molecule has 0 aliphatic rings. The number of hydrogen-bond donors (Lipinski definition) is 0. The molecular weight excluding hydrogens is 793 g/mol. The number of rotatable bonds is 6. The zero-order chi connectivity index (χ0) is 37.5. The van der Waals surface area contributed by atoms with Crippen LogP contribution >= 0.6 is 0 Å². The number of benzene rings is 4. The molecule has 5 heteroatoms. The van der Waals surface area contributed by atoms with E-state index in [1.165, 1.54) is 22.4 Å². The standard InChI is InChI=1S/C26H20NO.C18H24NSi.Ir/c1-26(2,19-8-4-3-5-9-19)20-14-15-27-23(17-20)18-12-13-25-22(16-18)21-10-6-7-11-24(21)28-25;1-13(2)16-11-17(15-9-7-14(3)8-10-15)19-12-18(16)20(4,5)6;/h3-11,13-17H,1-2H3;7-9,11-13H,1-6H3;/q2*-1;/i;3D3,13D;. The second-order valence-electron chi connectivity index (χ2n) is 14.0. The van der Waals surface area contributed by atoms with Crippen molar-refractivity contribution in [2.75, 3.05) is 0 Å². The van der Waals surface area contributed by atoms with E-state index in [-0.39, 0.29) is 31.1 Å². The fourth-order valence-electron chi connectivity index (χ4n) is 6.00. The number of furan rings is 1. The first-order valence-corrected chi connectivity index (χ1v) is 19.8. The molecule has 7 aromatic rings. The van der Waals surface area contributed by atoms with E-state index in [9.17, 15) is 0 Å². The topological polar surface area (TPSA) is 38.9 Å². The molecule has 49 heavy (non-hydrogen) atoms. The number of aromatic nitrogens is 2. The Labute approximate surface area is 311 Å². The van der Waals surface area contributed by atoms with Crippen LogP contribution in [0.5, 0.6) is 0 Å².